The Hall–Kier alpha value is -2.73. The molecule has 138 valence electrons. The van der Waals surface area contributed by atoms with Gasteiger partial charge >= 0.3 is 0 Å². The van der Waals surface area contributed by atoms with Crippen molar-refractivity contribution >= 4 is 33.8 Å². The van der Waals surface area contributed by atoms with Crippen molar-refractivity contribution in [2.45, 2.75) is 12.8 Å². The number of fused-ring (bicyclic) bond motifs is 1. The van der Waals surface area contributed by atoms with Gasteiger partial charge in [-0.25, -0.2) is 4.98 Å². The molecule has 1 fully saturated rings. The first-order valence-corrected chi connectivity index (χ1v) is 9.89. The van der Waals surface area contributed by atoms with Gasteiger partial charge in [-0.1, -0.05) is 18.2 Å². The highest BCUT2D eigenvalue weighted by Gasteiger charge is 2.30. The highest BCUT2D eigenvalue weighted by Crippen LogP contribution is 2.26. The number of carbonyl (C=O) groups excluding carboxylic acids is 2. The van der Waals surface area contributed by atoms with E-state index < -0.39 is 0 Å². The Balaban J connectivity index is 1.53. The third-order valence-corrected chi connectivity index (χ3v) is 5.65. The van der Waals surface area contributed by atoms with E-state index >= 15 is 0 Å². The second-order valence-corrected chi connectivity index (χ2v) is 7.47. The third-order valence-electron chi connectivity index (χ3n) is 5.06. The number of hydrogen-bond acceptors (Lipinski definition) is 5. The van der Waals surface area contributed by atoms with Gasteiger partial charge in [-0.2, -0.15) is 0 Å². The minimum atomic E-state index is -0.169. The number of methoxy groups -OCH3 is 1. The zero-order valence-electron chi connectivity index (χ0n) is 15.1. The summed E-state index contributed by atoms with van der Waals surface area (Å²) in [5.74, 6) is 0.643. The number of thiazole rings is 1. The Kier molecular flexibility index (Phi) is 4.90. The average Bonchev–Trinajstić information content (AvgIpc) is 3.27. The zero-order valence-corrected chi connectivity index (χ0v) is 15.9. The van der Waals surface area contributed by atoms with Crippen molar-refractivity contribution in [1.82, 2.24) is 9.88 Å². The molecule has 1 aromatic heterocycles. The lowest BCUT2D eigenvalue weighted by Gasteiger charge is -2.31. The molecule has 1 aliphatic heterocycles. The molecule has 1 aliphatic rings. The first kappa shape index (κ1) is 17.7. The van der Waals surface area contributed by atoms with Crippen molar-refractivity contribution in [3.63, 3.8) is 0 Å². The monoisotopic (exact) mass is 380 g/mol. The van der Waals surface area contributed by atoms with E-state index in [4.69, 9.17) is 4.74 Å². The van der Waals surface area contributed by atoms with E-state index in [2.05, 4.69) is 4.98 Å². The maximum absolute atomic E-state index is 13.0. The van der Waals surface area contributed by atoms with E-state index in [0.29, 0.717) is 24.3 Å². The molecule has 2 heterocycles. The van der Waals surface area contributed by atoms with Crippen LogP contribution in [0, 0.1) is 5.92 Å². The van der Waals surface area contributed by atoms with E-state index in [1.807, 2.05) is 36.4 Å². The molecular formula is C21H20N2O3S. The molecule has 6 heteroatoms. The summed E-state index contributed by atoms with van der Waals surface area (Å²) in [7, 11) is 1.64. The van der Waals surface area contributed by atoms with Crippen LogP contribution in [-0.4, -0.2) is 41.8 Å². The fraction of sp³-hybridized carbons (Fsp3) is 0.286. The van der Waals surface area contributed by atoms with Gasteiger partial charge < -0.3 is 9.64 Å². The number of likely N-dealkylation sites (tertiary alicyclic amines) is 1. The van der Waals surface area contributed by atoms with Crippen LogP contribution in [0.3, 0.4) is 0 Å². The molecule has 1 saturated heterocycles. The van der Waals surface area contributed by atoms with Gasteiger partial charge in [-0.15, -0.1) is 11.3 Å². The van der Waals surface area contributed by atoms with E-state index in [1.54, 1.807) is 22.9 Å². The van der Waals surface area contributed by atoms with Crippen LogP contribution in [0.15, 0.2) is 47.3 Å². The van der Waals surface area contributed by atoms with E-state index in [0.717, 1.165) is 29.4 Å². The minimum absolute atomic E-state index is 0.0839. The molecular weight excluding hydrogens is 360 g/mol. The van der Waals surface area contributed by atoms with Gasteiger partial charge in [0.25, 0.3) is 5.91 Å². The molecule has 1 amide bonds. The Morgan fingerprint density at radius 3 is 2.78 bits per heavy atom. The number of piperidine rings is 1. The van der Waals surface area contributed by atoms with Gasteiger partial charge in [0.05, 0.1) is 12.6 Å². The Bertz CT molecular complexity index is 984. The third kappa shape index (κ3) is 3.57. The summed E-state index contributed by atoms with van der Waals surface area (Å²) in [6, 6.07) is 11.6. The molecule has 0 radical (unpaired) electrons. The number of rotatable bonds is 4. The summed E-state index contributed by atoms with van der Waals surface area (Å²) < 4.78 is 5.25. The SMILES string of the molecule is COc1ccc2cc(C(=O)[C@@H]3CCCN(C(=O)c4cscn4)C3)ccc2c1. The van der Waals surface area contributed by atoms with Crippen LogP contribution in [0.5, 0.6) is 5.75 Å². The molecule has 0 saturated carbocycles. The average molecular weight is 380 g/mol. The number of nitrogens with zero attached hydrogens (tertiary/aromatic N) is 2. The number of amides is 1. The van der Waals surface area contributed by atoms with Crippen molar-refractivity contribution in [3.05, 3.63) is 58.5 Å². The lowest BCUT2D eigenvalue weighted by atomic mass is 9.89. The summed E-state index contributed by atoms with van der Waals surface area (Å²) >= 11 is 1.41. The van der Waals surface area contributed by atoms with Crippen molar-refractivity contribution in [2.75, 3.05) is 20.2 Å². The van der Waals surface area contributed by atoms with Crippen LogP contribution in [0.25, 0.3) is 10.8 Å². The quantitative estimate of drug-likeness (QED) is 0.641. The lowest BCUT2D eigenvalue weighted by molar-refractivity contribution is 0.0633. The summed E-state index contributed by atoms with van der Waals surface area (Å²) in [6.07, 6.45) is 1.64. The van der Waals surface area contributed by atoms with Gasteiger partial charge in [0, 0.05) is 30.0 Å². The number of Topliss-reactive ketones (excluding diaryl/α,β-unsaturated/α-hetero) is 1. The van der Waals surface area contributed by atoms with Crippen LogP contribution < -0.4 is 4.74 Å². The highest BCUT2D eigenvalue weighted by atomic mass is 32.1. The number of ketones is 1. The normalized spacial score (nSPS) is 17.1. The number of aromatic nitrogens is 1. The van der Waals surface area contributed by atoms with Gasteiger partial charge in [0.1, 0.15) is 11.4 Å². The summed E-state index contributed by atoms with van der Waals surface area (Å²) in [4.78, 5) is 31.4. The second-order valence-electron chi connectivity index (χ2n) is 6.76. The largest absolute Gasteiger partial charge is 0.497 e. The Morgan fingerprint density at radius 2 is 2.00 bits per heavy atom. The van der Waals surface area contributed by atoms with Crippen molar-refractivity contribution in [1.29, 1.82) is 0 Å². The van der Waals surface area contributed by atoms with E-state index in [1.165, 1.54) is 11.3 Å². The first-order chi connectivity index (χ1) is 13.2. The second kappa shape index (κ2) is 7.48. The molecule has 0 spiro atoms. The van der Waals surface area contributed by atoms with Crippen molar-refractivity contribution in [3.8, 4) is 5.75 Å². The van der Waals surface area contributed by atoms with Crippen LogP contribution in [0.1, 0.15) is 33.7 Å². The fourth-order valence-electron chi connectivity index (χ4n) is 3.60. The smallest absolute Gasteiger partial charge is 0.273 e. The van der Waals surface area contributed by atoms with Crippen molar-refractivity contribution in [2.24, 2.45) is 5.92 Å². The molecule has 27 heavy (non-hydrogen) atoms. The van der Waals surface area contributed by atoms with Gasteiger partial charge in [-0.3, -0.25) is 9.59 Å². The van der Waals surface area contributed by atoms with Crippen LogP contribution in [-0.2, 0) is 0 Å². The first-order valence-electron chi connectivity index (χ1n) is 8.95. The lowest BCUT2D eigenvalue weighted by Crippen LogP contribution is -2.42. The molecule has 5 nitrogen and oxygen atoms in total. The number of ether oxygens (including phenoxy) is 1. The molecule has 0 aliphatic carbocycles. The summed E-state index contributed by atoms with van der Waals surface area (Å²) in [5, 5.41) is 3.80. The predicted molar refractivity (Wildman–Crippen MR) is 106 cm³/mol. The predicted octanol–water partition coefficient (Wildman–Crippen LogP) is 4.04. The van der Waals surface area contributed by atoms with Crippen LogP contribution in [0.2, 0.25) is 0 Å². The maximum atomic E-state index is 13.0. The van der Waals surface area contributed by atoms with E-state index in [-0.39, 0.29) is 17.6 Å². The number of benzene rings is 2. The molecule has 3 aromatic rings. The van der Waals surface area contributed by atoms with Crippen molar-refractivity contribution < 1.29 is 14.3 Å². The highest BCUT2D eigenvalue weighted by molar-refractivity contribution is 7.07. The molecule has 2 aromatic carbocycles. The molecule has 0 N–H and O–H groups in total. The topological polar surface area (TPSA) is 59.5 Å². The van der Waals surface area contributed by atoms with Crippen LogP contribution >= 0.6 is 11.3 Å². The van der Waals surface area contributed by atoms with Crippen LogP contribution in [0.4, 0.5) is 0 Å². The Labute approximate surface area is 161 Å². The van der Waals surface area contributed by atoms with Gasteiger partial charge in [-0.05, 0) is 41.8 Å². The van der Waals surface area contributed by atoms with E-state index in [9.17, 15) is 9.59 Å². The summed E-state index contributed by atoms with van der Waals surface area (Å²) in [6.45, 7) is 1.13. The van der Waals surface area contributed by atoms with Gasteiger partial charge in [0.15, 0.2) is 5.78 Å². The maximum Gasteiger partial charge on any atom is 0.273 e. The standard InChI is InChI=1S/C21H20N2O3S/c1-26-18-7-6-14-9-16(5-4-15(14)10-18)20(24)17-3-2-8-23(11-17)21(25)19-12-27-13-22-19/h4-7,9-10,12-13,17H,2-3,8,11H2,1H3/t17-/m1/s1. The molecule has 1 atom stereocenters. The summed E-state index contributed by atoms with van der Waals surface area (Å²) in [5.41, 5.74) is 2.82. The molecule has 0 unspecified atom stereocenters. The van der Waals surface area contributed by atoms with Gasteiger partial charge in [0.2, 0.25) is 0 Å². The molecule has 0 bridgehead atoms. The fourth-order valence-corrected chi connectivity index (χ4v) is 4.12. The zero-order chi connectivity index (χ0) is 18.8. The number of carbonyl (C=O) groups is 2. The molecule has 4 rings (SSSR count). The number of hydrogen-bond donors (Lipinski definition) is 0. The minimum Gasteiger partial charge on any atom is -0.497 e. The Morgan fingerprint density at radius 1 is 1.19 bits per heavy atom.